The van der Waals surface area contributed by atoms with E-state index in [1.165, 1.54) is 69.5 Å². The van der Waals surface area contributed by atoms with Gasteiger partial charge in [-0.1, -0.05) is 139 Å². The number of ether oxygens (including phenoxy) is 2. The van der Waals surface area contributed by atoms with Crippen molar-refractivity contribution in [3.8, 4) is 0 Å². The lowest BCUT2D eigenvalue weighted by Crippen LogP contribution is -2.38. The van der Waals surface area contributed by atoms with Crippen LogP contribution in [0.5, 0.6) is 0 Å². The highest BCUT2D eigenvalue weighted by atomic mass is 32.2. The maximum atomic E-state index is 13.0. The Kier molecular flexibility index (Phi) is 39.4. The molecular weight excluding hydrogens is 864 g/mol. The summed E-state index contributed by atoms with van der Waals surface area (Å²) in [5, 5.41) is 28.3. The van der Waals surface area contributed by atoms with Crippen molar-refractivity contribution < 1.29 is 62.5 Å². The smallest absolute Gasteiger partial charge is 0.472 e. The number of nitrogens with two attached hydrogens (primary N) is 2. The molecule has 17 heteroatoms. The molecule has 0 aliphatic carbocycles. The topological polar surface area (TPSA) is 255 Å². The van der Waals surface area contributed by atoms with Gasteiger partial charge >= 0.3 is 31.7 Å². The van der Waals surface area contributed by atoms with Crippen molar-refractivity contribution in [1.29, 1.82) is 0 Å². The maximum Gasteiger partial charge on any atom is 0.472 e. The number of esters is 2. The SMILES string of the molecule is CCCCC/C=C\C\C=C/C=C/C=C/[C@@H](SC[C@H](N)C(=O)OC[C@H](COP(=O)(O)OC[C@H](N)C(=O)O)OC(=O)CCCCCCC/C=C\CCCCCCCC)[C@@H](O)CCCC(=O)O. The molecule has 0 saturated carbocycles. The standard InChI is InChI=1S/C47H81N2O13PS/c1-3-5-7-9-11-13-15-17-18-19-21-23-25-27-29-34-45(53)62-39(36-60-63(57,58)61-37-40(48)46(54)55)35-59-47(56)41(49)38-64-43(42(50)31-30-33-44(51)52)32-28-26-24-22-20-16-14-12-10-8-6-4-2/h12,14,17-18,20,22,24,26,28,32,39-43,50H,3-11,13,15-16,19,21,23,25,27,29-31,33-38,48-49H2,1-2H3,(H,51,52)(H,54,55)(H,57,58)/b14-12-,18-17-,22-20-,26-24+,32-28+/t39-,40+,41+,42+,43-/m1/s1. The number of aliphatic hydroxyl groups is 1. The summed E-state index contributed by atoms with van der Waals surface area (Å²) < 4.78 is 32.8. The second-order valence-electron chi connectivity index (χ2n) is 15.7. The molecule has 0 aromatic heterocycles. The minimum atomic E-state index is -4.86. The molecule has 0 aliphatic heterocycles. The van der Waals surface area contributed by atoms with E-state index in [0.717, 1.165) is 51.4 Å². The fourth-order valence-corrected chi connectivity index (χ4v) is 7.82. The van der Waals surface area contributed by atoms with E-state index in [1.54, 1.807) is 18.2 Å². The van der Waals surface area contributed by atoms with Crippen LogP contribution in [-0.4, -0.2) is 99.2 Å². The number of aliphatic carboxylic acids is 2. The molecule has 6 atom stereocenters. The van der Waals surface area contributed by atoms with Crippen molar-refractivity contribution in [3.63, 3.8) is 0 Å². The van der Waals surface area contributed by atoms with E-state index in [0.29, 0.717) is 6.42 Å². The average Bonchev–Trinajstić information content (AvgIpc) is 3.25. The lowest BCUT2D eigenvalue weighted by molar-refractivity contribution is -0.161. The number of allylic oxidation sites excluding steroid dienone is 9. The lowest BCUT2D eigenvalue weighted by Gasteiger charge is -2.22. The van der Waals surface area contributed by atoms with Crippen molar-refractivity contribution in [2.75, 3.05) is 25.6 Å². The summed E-state index contributed by atoms with van der Waals surface area (Å²) in [6.45, 7) is 2.24. The van der Waals surface area contributed by atoms with Crippen LogP contribution in [0.1, 0.15) is 155 Å². The third kappa shape index (κ3) is 38.2. The van der Waals surface area contributed by atoms with Crippen LogP contribution >= 0.6 is 19.6 Å². The molecule has 0 radical (unpaired) electrons. The first-order valence-corrected chi connectivity index (χ1v) is 25.8. The highest BCUT2D eigenvalue weighted by Crippen LogP contribution is 2.43. The summed E-state index contributed by atoms with van der Waals surface area (Å²) in [5.74, 6) is -3.96. The number of carboxylic acids is 2. The van der Waals surface area contributed by atoms with Gasteiger partial charge in [-0.05, 0) is 64.2 Å². The third-order valence-corrected chi connectivity index (χ3v) is 12.1. The summed E-state index contributed by atoms with van der Waals surface area (Å²) in [5.41, 5.74) is 11.5. The van der Waals surface area contributed by atoms with Crippen molar-refractivity contribution in [2.45, 2.75) is 185 Å². The molecule has 0 aromatic carbocycles. The first kappa shape index (κ1) is 60.9. The number of carbonyl (C=O) groups excluding carboxylic acids is 2. The van der Waals surface area contributed by atoms with Gasteiger partial charge in [-0.3, -0.25) is 28.2 Å². The van der Waals surface area contributed by atoms with Gasteiger partial charge in [0.15, 0.2) is 6.10 Å². The molecular formula is C47H81N2O13PS. The van der Waals surface area contributed by atoms with Gasteiger partial charge < -0.3 is 41.2 Å². The predicted molar refractivity (Wildman–Crippen MR) is 255 cm³/mol. The van der Waals surface area contributed by atoms with Gasteiger partial charge in [-0.2, -0.15) is 0 Å². The molecule has 0 rings (SSSR count). The molecule has 0 fully saturated rings. The number of thioether (sulfide) groups is 1. The second-order valence-corrected chi connectivity index (χ2v) is 18.4. The lowest BCUT2D eigenvalue weighted by atomic mass is 10.1. The molecule has 8 N–H and O–H groups in total. The van der Waals surface area contributed by atoms with E-state index < -0.39 is 81.1 Å². The Labute approximate surface area is 387 Å². The monoisotopic (exact) mass is 945 g/mol. The number of carbonyl (C=O) groups is 4. The molecule has 0 heterocycles. The molecule has 368 valence electrons. The minimum Gasteiger partial charge on any atom is -0.481 e. The molecule has 1 unspecified atom stereocenters. The van der Waals surface area contributed by atoms with Gasteiger partial charge in [0.05, 0.1) is 19.3 Å². The van der Waals surface area contributed by atoms with Crippen LogP contribution in [0.15, 0.2) is 60.8 Å². The van der Waals surface area contributed by atoms with Gasteiger partial charge in [-0.25, -0.2) is 4.57 Å². The van der Waals surface area contributed by atoms with E-state index in [2.05, 4.69) is 42.7 Å². The van der Waals surface area contributed by atoms with Crippen LogP contribution in [0, 0.1) is 0 Å². The number of hydrogen-bond acceptors (Lipinski definition) is 13. The molecule has 0 saturated heterocycles. The van der Waals surface area contributed by atoms with Crippen LogP contribution in [0.4, 0.5) is 0 Å². The summed E-state index contributed by atoms with van der Waals surface area (Å²) in [6, 6.07) is -2.79. The molecule has 0 amide bonds. The fourth-order valence-electron chi connectivity index (χ4n) is 5.91. The molecule has 0 spiro atoms. The van der Waals surface area contributed by atoms with Crippen molar-refractivity contribution in [1.82, 2.24) is 0 Å². The molecule has 15 nitrogen and oxygen atoms in total. The zero-order valence-electron chi connectivity index (χ0n) is 38.5. The second kappa shape index (κ2) is 41.4. The first-order valence-electron chi connectivity index (χ1n) is 23.3. The van der Waals surface area contributed by atoms with Crippen molar-refractivity contribution in [3.05, 3.63) is 60.8 Å². The summed E-state index contributed by atoms with van der Waals surface area (Å²) in [7, 11) is -4.86. The van der Waals surface area contributed by atoms with Crippen LogP contribution in [-0.2, 0) is 42.3 Å². The summed E-state index contributed by atoms with van der Waals surface area (Å²) in [6.07, 6.45) is 37.6. The van der Waals surface area contributed by atoms with Gasteiger partial charge in [0.2, 0.25) is 0 Å². The maximum absolute atomic E-state index is 13.0. The van der Waals surface area contributed by atoms with Gasteiger partial charge in [-0.15, -0.1) is 11.8 Å². The Bertz CT molecular complexity index is 1440. The normalized spacial score (nSPS) is 15.5. The van der Waals surface area contributed by atoms with E-state index >= 15 is 0 Å². The van der Waals surface area contributed by atoms with Crippen molar-refractivity contribution in [2.24, 2.45) is 11.5 Å². The molecule has 64 heavy (non-hydrogen) atoms. The van der Waals surface area contributed by atoms with Gasteiger partial charge in [0.25, 0.3) is 0 Å². The Morgan fingerprint density at radius 2 is 1.22 bits per heavy atom. The zero-order valence-corrected chi connectivity index (χ0v) is 40.2. The largest absolute Gasteiger partial charge is 0.481 e. The van der Waals surface area contributed by atoms with Crippen LogP contribution < -0.4 is 11.5 Å². The Balaban J connectivity index is 5.24. The van der Waals surface area contributed by atoms with E-state index in [1.807, 2.05) is 18.2 Å². The van der Waals surface area contributed by atoms with E-state index in [9.17, 15) is 33.7 Å². The first-order chi connectivity index (χ1) is 30.7. The van der Waals surface area contributed by atoms with Crippen molar-refractivity contribution >= 4 is 43.5 Å². The Morgan fingerprint density at radius 3 is 1.86 bits per heavy atom. The molecule has 0 aliphatic rings. The zero-order chi connectivity index (χ0) is 47.7. The molecule has 0 aromatic rings. The van der Waals surface area contributed by atoms with Crippen LogP contribution in [0.2, 0.25) is 0 Å². The number of phosphoric acid groups is 1. The summed E-state index contributed by atoms with van der Waals surface area (Å²) >= 11 is 1.18. The minimum absolute atomic E-state index is 0.00200. The number of aliphatic hydroxyl groups excluding tert-OH is 1. The predicted octanol–water partition coefficient (Wildman–Crippen LogP) is 9.26. The van der Waals surface area contributed by atoms with Gasteiger partial charge in [0, 0.05) is 23.8 Å². The fraction of sp³-hybridized carbons (Fsp3) is 0.702. The number of carboxylic acid groups (broad SMARTS) is 2. The number of unbranched alkanes of at least 4 members (excludes halogenated alkanes) is 14. The number of phosphoric ester groups is 1. The average molecular weight is 945 g/mol. The number of hydrogen-bond donors (Lipinski definition) is 6. The highest BCUT2D eigenvalue weighted by Gasteiger charge is 2.29. The van der Waals surface area contributed by atoms with Crippen LogP contribution in [0.25, 0.3) is 0 Å². The Morgan fingerprint density at radius 1 is 0.656 bits per heavy atom. The van der Waals surface area contributed by atoms with Gasteiger partial charge in [0.1, 0.15) is 18.7 Å². The summed E-state index contributed by atoms with van der Waals surface area (Å²) in [4.78, 5) is 57.9. The van der Waals surface area contributed by atoms with Crippen LogP contribution in [0.3, 0.4) is 0 Å². The Hall–Kier alpha value is -3.08. The van der Waals surface area contributed by atoms with E-state index in [4.69, 9.17) is 35.7 Å². The highest BCUT2D eigenvalue weighted by molar-refractivity contribution is 8.00. The quantitative estimate of drug-likeness (QED) is 0.0109. The van der Waals surface area contributed by atoms with E-state index in [-0.39, 0.29) is 31.4 Å². The molecule has 0 bridgehead atoms. The number of rotatable bonds is 43. The third-order valence-electron chi connectivity index (χ3n) is 9.73.